The van der Waals surface area contributed by atoms with Gasteiger partial charge in [0.15, 0.2) is 0 Å². The molecule has 1 aromatic carbocycles. The Morgan fingerprint density at radius 2 is 1.92 bits per heavy atom. The fourth-order valence-corrected chi connectivity index (χ4v) is 3.22. The smallest absolute Gasteiger partial charge is 0.321 e. The molecule has 0 bridgehead atoms. The Morgan fingerprint density at radius 1 is 1.17 bits per heavy atom. The summed E-state index contributed by atoms with van der Waals surface area (Å²) < 4.78 is 0. The second-order valence-corrected chi connectivity index (χ2v) is 6.66. The molecule has 0 atom stereocenters. The molecule has 1 fully saturated rings. The molecule has 5 nitrogen and oxygen atoms in total. The van der Waals surface area contributed by atoms with E-state index in [-0.39, 0.29) is 6.03 Å². The van der Waals surface area contributed by atoms with Gasteiger partial charge in [0.2, 0.25) is 0 Å². The van der Waals surface area contributed by atoms with Crippen molar-refractivity contribution in [3.05, 3.63) is 54.4 Å². The van der Waals surface area contributed by atoms with Crippen LogP contribution >= 0.6 is 11.8 Å². The van der Waals surface area contributed by atoms with E-state index in [1.165, 1.54) is 5.56 Å². The number of carbonyl (C=O) groups is 1. The van der Waals surface area contributed by atoms with Gasteiger partial charge >= 0.3 is 6.03 Å². The first-order chi connectivity index (χ1) is 11.7. The number of carbonyl (C=O) groups excluding carboxylic acids is 1. The Bertz CT molecular complexity index is 672. The maximum absolute atomic E-state index is 12.4. The summed E-state index contributed by atoms with van der Waals surface area (Å²) in [6.07, 6.45) is 5.67. The Morgan fingerprint density at radius 3 is 2.62 bits per heavy atom. The largest absolute Gasteiger partial charge is 0.322 e. The van der Waals surface area contributed by atoms with Gasteiger partial charge in [0.25, 0.3) is 0 Å². The van der Waals surface area contributed by atoms with Gasteiger partial charge in [-0.2, -0.15) is 0 Å². The van der Waals surface area contributed by atoms with Gasteiger partial charge in [0.1, 0.15) is 0 Å². The number of amides is 2. The Kier molecular flexibility index (Phi) is 5.72. The molecule has 1 saturated heterocycles. The number of hydrogen-bond acceptors (Lipinski definition) is 4. The molecule has 1 aliphatic rings. The van der Waals surface area contributed by atoms with Gasteiger partial charge in [-0.25, -0.2) is 4.79 Å². The number of hydrogen-bond donors (Lipinski definition) is 1. The van der Waals surface area contributed by atoms with Crippen LogP contribution in [0.5, 0.6) is 0 Å². The molecule has 0 spiro atoms. The van der Waals surface area contributed by atoms with Crippen LogP contribution in [0.1, 0.15) is 5.56 Å². The van der Waals surface area contributed by atoms with E-state index in [2.05, 4.69) is 15.2 Å². The Labute approximate surface area is 147 Å². The average Bonchev–Trinajstić information content (AvgIpc) is 2.63. The molecule has 0 saturated carbocycles. The van der Waals surface area contributed by atoms with Crippen molar-refractivity contribution in [1.29, 1.82) is 0 Å². The lowest BCUT2D eigenvalue weighted by molar-refractivity contribution is 0.143. The van der Waals surface area contributed by atoms with E-state index in [1.807, 2.05) is 59.9 Å². The van der Waals surface area contributed by atoms with Crippen LogP contribution in [0.15, 0.2) is 53.7 Å². The first-order valence-electron chi connectivity index (χ1n) is 8.06. The molecule has 0 unspecified atom stereocenters. The van der Waals surface area contributed by atoms with Crippen LogP contribution in [0.25, 0.3) is 0 Å². The quantitative estimate of drug-likeness (QED) is 0.867. The summed E-state index contributed by atoms with van der Waals surface area (Å²) in [4.78, 5) is 21.9. The molecule has 1 aromatic heterocycles. The molecule has 0 radical (unpaired) electrons. The van der Waals surface area contributed by atoms with E-state index in [0.29, 0.717) is 0 Å². The zero-order valence-corrected chi connectivity index (χ0v) is 14.6. The molecule has 24 heavy (non-hydrogen) atoms. The van der Waals surface area contributed by atoms with Gasteiger partial charge in [-0.3, -0.25) is 9.88 Å². The summed E-state index contributed by atoms with van der Waals surface area (Å²) in [5.41, 5.74) is 2.11. The number of rotatable bonds is 4. The summed E-state index contributed by atoms with van der Waals surface area (Å²) >= 11 is 1.67. The molecule has 3 rings (SSSR count). The normalized spacial score (nSPS) is 15.3. The zero-order valence-electron chi connectivity index (χ0n) is 13.8. The minimum Gasteiger partial charge on any atom is -0.322 e. The lowest BCUT2D eigenvalue weighted by atomic mass is 10.2. The fraction of sp³-hybridized carbons (Fsp3) is 0.333. The van der Waals surface area contributed by atoms with E-state index < -0.39 is 0 Å². The Hall–Kier alpha value is -2.05. The molecule has 0 aliphatic carbocycles. The third-order valence-electron chi connectivity index (χ3n) is 4.14. The maximum atomic E-state index is 12.4. The number of urea groups is 1. The van der Waals surface area contributed by atoms with Crippen LogP contribution < -0.4 is 5.32 Å². The molecular formula is C18H22N4OS. The van der Waals surface area contributed by atoms with Crippen molar-refractivity contribution in [2.75, 3.05) is 37.8 Å². The number of nitrogens with one attached hydrogen (secondary N) is 1. The van der Waals surface area contributed by atoms with Crippen LogP contribution in [0.4, 0.5) is 10.5 Å². The highest BCUT2D eigenvalue weighted by atomic mass is 32.2. The van der Waals surface area contributed by atoms with Crippen molar-refractivity contribution in [2.45, 2.75) is 11.4 Å². The summed E-state index contributed by atoms with van der Waals surface area (Å²) in [5, 5.41) is 3.00. The topological polar surface area (TPSA) is 48.5 Å². The standard InChI is InChI=1S/C18H22N4OS/c1-24-17-4-2-3-16(13-17)20-18(23)22-11-9-21(10-12-22)14-15-5-7-19-8-6-15/h2-8,13H,9-12,14H2,1H3,(H,20,23). The number of pyridine rings is 1. The average molecular weight is 342 g/mol. The van der Waals surface area contributed by atoms with Crippen molar-refractivity contribution in [2.24, 2.45) is 0 Å². The van der Waals surface area contributed by atoms with Crippen LogP contribution in [0.2, 0.25) is 0 Å². The van der Waals surface area contributed by atoms with Gasteiger partial charge in [0, 0.05) is 55.7 Å². The van der Waals surface area contributed by atoms with Crippen molar-refractivity contribution in [3.8, 4) is 0 Å². The van der Waals surface area contributed by atoms with Gasteiger partial charge in [-0.05, 0) is 42.2 Å². The van der Waals surface area contributed by atoms with E-state index in [1.54, 1.807) is 11.8 Å². The minimum absolute atomic E-state index is 0.0168. The molecule has 2 heterocycles. The van der Waals surface area contributed by atoms with Crippen molar-refractivity contribution in [1.82, 2.24) is 14.8 Å². The summed E-state index contributed by atoms with van der Waals surface area (Å²) in [6.45, 7) is 4.19. The monoisotopic (exact) mass is 342 g/mol. The SMILES string of the molecule is CSc1cccc(NC(=O)N2CCN(Cc3ccncc3)CC2)c1. The molecule has 1 N–H and O–H groups in total. The van der Waals surface area contributed by atoms with Gasteiger partial charge in [-0.15, -0.1) is 11.8 Å². The first kappa shape index (κ1) is 16.8. The van der Waals surface area contributed by atoms with E-state index in [9.17, 15) is 4.79 Å². The lowest BCUT2D eigenvalue weighted by Crippen LogP contribution is -2.49. The molecule has 6 heteroatoms. The number of anilines is 1. The third-order valence-corrected chi connectivity index (χ3v) is 4.86. The van der Waals surface area contributed by atoms with Crippen molar-refractivity contribution < 1.29 is 4.79 Å². The van der Waals surface area contributed by atoms with Gasteiger partial charge in [-0.1, -0.05) is 6.07 Å². The van der Waals surface area contributed by atoms with Crippen LogP contribution in [0, 0.1) is 0 Å². The highest BCUT2D eigenvalue weighted by Gasteiger charge is 2.21. The number of thioether (sulfide) groups is 1. The summed E-state index contributed by atoms with van der Waals surface area (Å²) in [7, 11) is 0. The second kappa shape index (κ2) is 8.17. The number of nitrogens with zero attached hydrogens (tertiary/aromatic N) is 3. The lowest BCUT2D eigenvalue weighted by Gasteiger charge is -2.34. The zero-order chi connectivity index (χ0) is 16.8. The van der Waals surface area contributed by atoms with Crippen LogP contribution in [-0.4, -0.2) is 53.2 Å². The van der Waals surface area contributed by atoms with Crippen molar-refractivity contribution >= 4 is 23.5 Å². The van der Waals surface area contributed by atoms with Crippen LogP contribution in [0.3, 0.4) is 0 Å². The number of benzene rings is 1. The third kappa shape index (κ3) is 4.49. The molecule has 1 aliphatic heterocycles. The number of piperazine rings is 1. The molecule has 126 valence electrons. The van der Waals surface area contributed by atoms with E-state index >= 15 is 0 Å². The fourth-order valence-electron chi connectivity index (χ4n) is 2.76. The minimum atomic E-state index is -0.0168. The predicted octanol–water partition coefficient (Wildman–Crippen LogP) is 3.15. The highest BCUT2D eigenvalue weighted by molar-refractivity contribution is 7.98. The van der Waals surface area contributed by atoms with E-state index in [0.717, 1.165) is 43.3 Å². The van der Waals surface area contributed by atoms with E-state index in [4.69, 9.17) is 0 Å². The number of aromatic nitrogens is 1. The molecule has 2 amide bonds. The van der Waals surface area contributed by atoms with Crippen LogP contribution in [-0.2, 0) is 6.54 Å². The summed E-state index contributed by atoms with van der Waals surface area (Å²) in [5.74, 6) is 0. The second-order valence-electron chi connectivity index (χ2n) is 5.78. The van der Waals surface area contributed by atoms with Crippen molar-refractivity contribution in [3.63, 3.8) is 0 Å². The summed E-state index contributed by atoms with van der Waals surface area (Å²) in [6, 6.07) is 12.0. The molecule has 2 aromatic rings. The van der Waals surface area contributed by atoms with Gasteiger partial charge < -0.3 is 10.2 Å². The Balaban J connectivity index is 1.49. The predicted molar refractivity (Wildman–Crippen MR) is 98.3 cm³/mol. The highest BCUT2D eigenvalue weighted by Crippen LogP contribution is 2.19. The van der Waals surface area contributed by atoms with Gasteiger partial charge in [0.05, 0.1) is 0 Å². The first-order valence-corrected chi connectivity index (χ1v) is 9.28. The molecular weight excluding hydrogens is 320 g/mol. The maximum Gasteiger partial charge on any atom is 0.321 e.